The molecule has 0 amide bonds. The normalized spacial score (nSPS) is 12.1. The van der Waals surface area contributed by atoms with E-state index in [4.69, 9.17) is 0 Å². The third-order valence-corrected chi connectivity index (χ3v) is 4.14. The van der Waals surface area contributed by atoms with Crippen LogP contribution in [0.25, 0.3) is 6.08 Å². The van der Waals surface area contributed by atoms with Crippen LogP contribution in [-0.2, 0) is 19.3 Å². The summed E-state index contributed by atoms with van der Waals surface area (Å²) in [4.78, 5) is 0. The number of allylic oxidation sites excluding steroid dienone is 1. The Labute approximate surface area is 150 Å². The minimum Gasteiger partial charge on any atom is -0.207 e. The third kappa shape index (κ3) is 6.28. The molecule has 2 rings (SSSR count). The Hall–Kier alpha value is -2.17. The van der Waals surface area contributed by atoms with Crippen molar-refractivity contribution >= 4 is 6.08 Å². The van der Waals surface area contributed by atoms with Gasteiger partial charge in [0.25, 0.3) is 0 Å². The minimum atomic E-state index is -4.48. The van der Waals surface area contributed by atoms with Crippen LogP contribution in [0.5, 0.6) is 0 Å². The molecule has 0 saturated carbocycles. The molecule has 0 atom stereocenters. The summed E-state index contributed by atoms with van der Waals surface area (Å²) < 4.78 is 64.5. The fourth-order valence-corrected chi connectivity index (χ4v) is 2.65. The van der Waals surface area contributed by atoms with E-state index in [0.717, 1.165) is 24.8 Å². The first-order valence-corrected chi connectivity index (χ1v) is 8.60. The average molecular weight is 368 g/mol. The lowest BCUT2D eigenvalue weighted by molar-refractivity contribution is -0.0790. The number of hydrogen-bond donors (Lipinski definition) is 0. The van der Waals surface area contributed by atoms with Gasteiger partial charge in [-0.15, -0.1) is 0 Å². The standard InChI is InChI=1S/C21H21F5/c1-2-3-4-15-5-8-17(19(22)13-15)9-6-16-7-10-18(20(23)14-16)11-12-21(24,25)26/h5,7-8,10-14H,2-4,6,9H2,1H3. The number of rotatable bonds is 7. The van der Waals surface area contributed by atoms with E-state index in [2.05, 4.69) is 6.92 Å². The van der Waals surface area contributed by atoms with Gasteiger partial charge in [0.2, 0.25) is 0 Å². The summed E-state index contributed by atoms with van der Waals surface area (Å²) in [7, 11) is 0. The highest BCUT2D eigenvalue weighted by Gasteiger charge is 2.22. The van der Waals surface area contributed by atoms with Crippen LogP contribution in [0, 0.1) is 11.6 Å². The highest BCUT2D eigenvalue weighted by molar-refractivity contribution is 5.51. The smallest absolute Gasteiger partial charge is 0.207 e. The van der Waals surface area contributed by atoms with Crippen molar-refractivity contribution in [2.45, 2.75) is 45.2 Å². The van der Waals surface area contributed by atoms with Crippen molar-refractivity contribution in [3.63, 3.8) is 0 Å². The van der Waals surface area contributed by atoms with E-state index >= 15 is 0 Å². The number of alkyl halides is 3. The molecule has 0 spiro atoms. The van der Waals surface area contributed by atoms with E-state index < -0.39 is 12.0 Å². The van der Waals surface area contributed by atoms with Crippen LogP contribution < -0.4 is 0 Å². The maximum Gasteiger partial charge on any atom is 0.409 e. The molecule has 0 nitrogen and oxygen atoms in total. The quantitative estimate of drug-likeness (QED) is 0.479. The molecule has 5 heteroatoms. The topological polar surface area (TPSA) is 0 Å². The predicted octanol–water partition coefficient (Wildman–Crippen LogP) is 6.67. The van der Waals surface area contributed by atoms with Crippen molar-refractivity contribution in [2.75, 3.05) is 0 Å². The van der Waals surface area contributed by atoms with Crippen molar-refractivity contribution in [1.29, 1.82) is 0 Å². The van der Waals surface area contributed by atoms with Crippen molar-refractivity contribution in [3.05, 3.63) is 76.4 Å². The van der Waals surface area contributed by atoms with Gasteiger partial charge in [0.05, 0.1) is 0 Å². The van der Waals surface area contributed by atoms with E-state index in [1.165, 1.54) is 18.2 Å². The van der Waals surface area contributed by atoms with Gasteiger partial charge in [-0.05, 0) is 60.6 Å². The van der Waals surface area contributed by atoms with E-state index in [9.17, 15) is 22.0 Å². The molecule has 2 aromatic carbocycles. The summed E-state index contributed by atoms with van der Waals surface area (Å²) in [5.41, 5.74) is 1.99. The monoisotopic (exact) mass is 368 g/mol. The number of hydrogen-bond acceptors (Lipinski definition) is 0. The SMILES string of the molecule is CCCCc1ccc(CCc2ccc(C=CC(F)(F)F)c(F)c2)c(F)c1. The second-order valence-electron chi connectivity index (χ2n) is 6.26. The summed E-state index contributed by atoms with van der Waals surface area (Å²) in [6.07, 6.45) is -0.0785. The summed E-state index contributed by atoms with van der Waals surface area (Å²) in [5, 5.41) is 0. The summed E-state index contributed by atoms with van der Waals surface area (Å²) in [5.74, 6) is -0.998. The lowest BCUT2D eigenvalue weighted by Crippen LogP contribution is -2.01. The van der Waals surface area contributed by atoms with Crippen molar-refractivity contribution in [2.24, 2.45) is 0 Å². The molecule has 0 saturated heterocycles. The molecule has 0 unspecified atom stereocenters. The molecule has 0 aromatic heterocycles. The maximum atomic E-state index is 14.1. The van der Waals surface area contributed by atoms with E-state index in [-0.39, 0.29) is 17.5 Å². The Kier molecular flexibility index (Phi) is 6.95. The van der Waals surface area contributed by atoms with Gasteiger partial charge < -0.3 is 0 Å². The number of benzene rings is 2. The number of aryl methyl sites for hydroxylation is 3. The second kappa shape index (κ2) is 8.97. The van der Waals surface area contributed by atoms with Crippen LogP contribution in [0.2, 0.25) is 0 Å². The largest absolute Gasteiger partial charge is 0.409 e. The Balaban J connectivity index is 2.01. The van der Waals surface area contributed by atoms with Gasteiger partial charge >= 0.3 is 6.18 Å². The molecule has 0 fully saturated rings. The number of unbranched alkanes of at least 4 members (excludes halogenated alkanes) is 1. The van der Waals surface area contributed by atoms with E-state index in [1.807, 2.05) is 6.07 Å². The van der Waals surface area contributed by atoms with Crippen molar-refractivity contribution in [3.8, 4) is 0 Å². The van der Waals surface area contributed by atoms with Crippen LogP contribution >= 0.6 is 0 Å². The van der Waals surface area contributed by atoms with Crippen molar-refractivity contribution in [1.82, 2.24) is 0 Å². The lowest BCUT2D eigenvalue weighted by atomic mass is 10.00. The van der Waals surface area contributed by atoms with Crippen LogP contribution in [0.15, 0.2) is 42.5 Å². The fraction of sp³-hybridized carbons (Fsp3) is 0.333. The molecule has 0 aliphatic carbocycles. The predicted molar refractivity (Wildman–Crippen MR) is 93.9 cm³/mol. The summed E-state index contributed by atoms with van der Waals surface area (Å²) in [6.45, 7) is 2.08. The van der Waals surface area contributed by atoms with Gasteiger partial charge in [-0.3, -0.25) is 0 Å². The van der Waals surface area contributed by atoms with Gasteiger partial charge in [0.1, 0.15) is 11.6 Å². The minimum absolute atomic E-state index is 0.000555. The molecular formula is C21H21F5. The van der Waals surface area contributed by atoms with Crippen LogP contribution in [0.4, 0.5) is 22.0 Å². The summed E-state index contributed by atoms with van der Waals surface area (Å²) in [6, 6.07) is 9.25. The Morgan fingerprint density at radius 3 is 2.12 bits per heavy atom. The second-order valence-corrected chi connectivity index (χ2v) is 6.26. The van der Waals surface area contributed by atoms with Crippen LogP contribution in [0.1, 0.15) is 42.0 Å². The molecule has 0 bridgehead atoms. The van der Waals surface area contributed by atoms with Crippen molar-refractivity contribution < 1.29 is 22.0 Å². The highest BCUT2D eigenvalue weighted by Crippen LogP contribution is 2.21. The summed E-state index contributed by atoms with van der Waals surface area (Å²) >= 11 is 0. The zero-order valence-corrected chi connectivity index (χ0v) is 14.5. The Morgan fingerprint density at radius 1 is 0.846 bits per heavy atom. The fourth-order valence-electron chi connectivity index (χ4n) is 2.65. The van der Waals surface area contributed by atoms with Gasteiger partial charge in [0.15, 0.2) is 0 Å². The number of halogens is 5. The van der Waals surface area contributed by atoms with Gasteiger partial charge in [0, 0.05) is 11.6 Å². The molecule has 0 aliphatic heterocycles. The lowest BCUT2D eigenvalue weighted by Gasteiger charge is -2.07. The molecular weight excluding hydrogens is 347 g/mol. The maximum absolute atomic E-state index is 14.1. The molecule has 0 heterocycles. The molecule has 0 aliphatic rings. The van der Waals surface area contributed by atoms with Crippen LogP contribution in [0.3, 0.4) is 0 Å². The average Bonchev–Trinajstić information content (AvgIpc) is 2.57. The molecule has 0 radical (unpaired) electrons. The first-order valence-electron chi connectivity index (χ1n) is 8.60. The van der Waals surface area contributed by atoms with E-state index in [1.54, 1.807) is 12.1 Å². The molecule has 0 N–H and O–H groups in total. The molecule has 2 aromatic rings. The highest BCUT2D eigenvalue weighted by atomic mass is 19.4. The van der Waals surface area contributed by atoms with Gasteiger partial charge in [-0.2, -0.15) is 13.2 Å². The van der Waals surface area contributed by atoms with Gasteiger partial charge in [-0.1, -0.05) is 37.6 Å². The first-order chi connectivity index (χ1) is 12.3. The third-order valence-electron chi connectivity index (χ3n) is 4.14. The first kappa shape index (κ1) is 20.1. The molecule has 26 heavy (non-hydrogen) atoms. The molecule has 140 valence electrons. The van der Waals surface area contributed by atoms with Crippen LogP contribution in [-0.4, -0.2) is 6.18 Å². The van der Waals surface area contributed by atoms with Gasteiger partial charge in [-0.25, -0.2) is 8.78 Å². The zero-order chi connectivity index (χ0) is 19.2. The Morgan fingerprint density at radius 2 is 1.50 bits per heavy atom. The Bertz CT molecular complexity index is 759. The zero-order valence-electron chi connectivity index (χ0n) is 14.5. The van der Waals surface area contributed by atoms with E-state index in [0.29, 0.717) is 30.0 Å².